The Balaban J connectivity index is 0.00000338. The van der Waals surface area contributed by atoms with Crippen LogP contribution in [-0.4, -0.2) is 24.2 Å². The van der Waals surface area contributed by atoms with Gasteiger partial charge in [0, 0.05) is 26.4 Å². The molecule has 0 aliphatic carbocycles. The minimum atomic E-state index is 0. The van der Waals surface area contributed by atoms with Gasteiger partial charge in [0.25, 0.3) is 0 Å². The quantitative estimate of drug-likeness (QED) is 0.330. The number of hydrogen-bond acceptors (Lipinski definition) is 2. The maximum atomic E-state index is 6.10. The van der Waals surface area contributed by atoms with Crippen LogP contribution >= 0.6 is 47.2 Å². The summed E-state index contributed by atoms with van der Waals surface area (Å²) in [6.45, 7) is 4.59. The van der Waals surface area contributed by atoms with Crippen molar-refractivity contribution in [1.82, 2.24) is 15.2 Å². The SMILES string of the molecule is CCNC(=NCc1cccc(COC)c1)NCc1cc(Cl)c(Cl)n1C.I. The largest absolute Gasteiger partial charge is 0.380 e. The summed E-state index contributed by atoms with van der Waals surface area (Å²) in [7, 11) is 3.58. The lowest BCUT2D eigenvalue weighted by molar-refractivity contribution is 0.185. The number of nitrogens with zero attached hydrogens (tertiary/aromatic N) is 2. The van der Waals surface area contributed by atoms with Gasteiger partial charge in [-0.3, -0.25) is 0 Å². The maximum absolute atomic E-state index is 6.10. The summed E-state index contributed by atoms with van der Waals surface area (Å²) in [6, 6.07) is 10.1. The fraction of sp³-hybridized carbons (Fsp3) is 0.389. The molecule has 1 aromatic heterocycles. The van der Waals surface area contributed by atoms with Crippen molar-refractivity contribution in [1.29, 1.82) is 0 Å². The summed E-state index contributed by atoms with van der Waals surface area (Å²) in [5.74, 6) is 0.744. The van der Waals surface area contributed by atoms with Crippen LogP contribution < -0.4 is 10.6 Å². The van der Waals surface area contributed by atoms with Crippen LogP contribution in [0.15, 0.2) is 35.3 Å². The smallest absolute Gasteiger partial charge is 0.191 e. The van der Waals surface area contributed by atoms with Gasteiger partial charge in [-0.05, 0) is 24.1 Å². The van der Waals surface area contributed by atoms with Gasteiger partial charge in [-0.25, -0.2) is 4.99 Å². The first-order chi connectivity index (χ1) is 12.0. The van der Waals surface area contributed by atoms with Gasteiger partial charge in [0.2, 0.25) is 0 Å². The van der Waals surface area contributed by atoms with Crippen LogP contribution in [-0.2, 0) is 31.5 Å². The topological polar surface area (TPSA) is 50.6 Å². The molecule has 0 aliphatic rings. The maximum Gasteiger partial charge on any atom is 0.191 e. The van der Waals surface area contributed by atoms with Gasteiger partial charge in [-0.1, -0.05) is 47.5 Å². The number of ether oxygens (including phenoxy) is 1. The van der Waals surface area contributed by atoms with E-state index < -0.39 is 0 Å². The Hall–Kier alpha value is -0.960. The predicted molar refractivity (Wildman–Crippen MR) is 120 cm³/mol. The van der Waals surface area contributed by atoms with Crippen LogP contribution in [0.3, 0.4) is 0 Å². The number of aromatic nitrogens is 1. The van der Waals surface area contributed by atoms with E-state index in [1.54, 1.807) is 7.11 Å². The highest BCUT2D eigenvalue weighted by Gasteiger charge is 2.09. The minimum Gasteiger partial charge on any atom is -0.380 e. The van der Waals surface area contributed by atoms with E-state index in [1.807, 2.05) is 36.7 Å². The molecule has 0 radical (unpaired) electrons. The second-order valence-corrected chi connectivity index (χ2v) is 6.40. The Bertz CT molecular complexity index is 734. The van der Waals surface area contributed by atoms with Gasteiger partial charge >= 0.3 is 0 Å². The van der Waals surface area contributed by atoms with Crippen molar-refractivity contribution in [2.24, 2.45) is 12.0 Å². The molecule has 0 aliphatic heterocycles. The molecule has 1 heterocycles. The number of rotatable bonds is 7. The zero-order valence-electron chi connectivity index (χ0n) is 15.2. The third-order valence-corrected chi connectivity index (χ3v) is 4.56. The van der Waals surface area contributed by atoms with Gasteiger partial charge in [-0.2, -0.15) is 0 Å². The van der Waals surface area contributed by atoms with Gasteiger partial charge in [0.05, 0.1) is 24.7 Å². The fourth-order valence-corrected chi connectivity index (χ4v) is 2.85. The van der Waals surface area contributed by atoms with E-state index in [4.69, 9.17) is 27.9 Å². The highest BCUT2D eigenvalue weighted by atomic mass is 127. The Morgan fingerprint density at radius 3 is 2.54 bits per heavy atom. The summed E-state index contributed by atoms with van der Waals surface area (Å²) in [6.07, 6.45) is 0. The number of benzene rings is 1. The lowest BCUT2D eigenvalue weighted by atomic mass is 10.1. The molecule has 8 heteroatoms. The van der Waals surface area contributed by atoms with Crippen LogP contribution in [0, 0.1) is 0 Å². The molecule has 2 rings (SSSR count). The Morgan fingerprint density at radius 1 is 1.19 bits per heavy atom. The monoisotopic (exact) mass is 510 g/mol. The zero-order chi connectivity index (χ0) is 18.2. The van der Waals surface area contributed by atoms with Crippen LogP contribution in [0.25, 0.3) is 0 Å². The third-order valence-electron chi connectivity index (χ3n) is 3.72. The zero-order valence-corrected chi connectivity index (χ0v) is 19.0. The van der Waals surface area contributed by atoms with E-state index in [9.17, 15) is 0 Å². The summed E-state index contributed by atoms with van der Waals surface area (Å²) in [4.78, 5) is 4.64. The molecule has 5 nitrogen and oxygen atoms in total. The summed E-state index contributed by atoms with van der Waals surface area (Å²) < 4.78 is 7.03. The van der Waals surface area contributed by atoms with Crippen LogP contribution in [0.5, 0.6) is 0 Å². The Kier molecular flexibility index (Phi) is 10.4. The number of methoxy groups -OCH3 is 1. The van der Waals surface area contributed by atoms with Crippen LogP contribution in [0.2, 0.25) is 10.2 Å². The van der Waals surface area contributed by atoms with E-state index in [1.165, 1.54) is 0 Å². The van der Waals surface area contributed by atoms with E-state index in [2.05, 4.69) is 27.8 Å². The molecule has 0 atom stereocenters. The fourth-order valence-electron chi connectivity index (χ4n) is 2.43. The van der Waals surface area contributed by atoms with Crippen LogP contribution in [0.4, 0.5) is 0 Å². The molecular formula is C18H25Cl2IN4O. The van der Waals surface area contributed by atoms with Crippen molar-refractivity contribution in [2.45, 2.75) is 26.6 Å². The number of halogens is 3. The molecule has 2 N–H and O–H groups in total. The highest BCUT2D eigenvalue weighted by Crippen LogP contribution is 2.24. The van der Waals surface area contributed by atoms with Gasteiger partial charge < -0.3 is 19.9 Å². The van der Waals surface area contributed by atoms with Crippen molar-refractivity contribution in [3.8, 4) is 0 Å². The molecule has 0 amide bonds. The molecule has 0 fully saturated rings. The van der Waals surface area contributed by atoms with Gasteiger partial charge in [0.15, 0.2) is 5.96 Å². The van der Waals surface area contributed by atoms with E-state index in [-0.39, 0.29) is 24.0 Å². The lowest BCUT2D eigenvalue weighted by Crippen LogP contribution is -2.37. The standard InChI is InChI=1S/C18H24Cl2N4O.HI/c1-4-21-18(23-11-15-9-16(19)17(20)24(15)2)22-10-13-6-5-7-14(8-13)12-25-3;/h5-9H,4,10-12H2,1-3H3,(H2,21,22,23);1H. The molecule has 2 aromatic rings. The summed E-state index contributed by atoms with van der Waals surface area (Å²) in [5, 5.41) is 7.64. The molecule has 0 saturated carbocycles. The predicted octanol–water partition coefficient (Wildman–Crippen LogP) is 4.35. The van der Waals surface area contributed by atoms with Gasteiger partial charge in [-0.15, -0.1) is 24.0 Å². The van der Waals surface area contributed by atoms with Crippen molar-refractivity contribution in [2.75, 3.05) is 13.7 Å². The van der Waals surface area contributed by atoms with E-state index >= 15 is 0 Å². The molecule has 0 spiro atoms. The Labute approximate surface area is 182 Å². The molecule has 0 bridgehead atoms. The lowest BCUT2D eigenvalue weighted by Gasteiger charge is -2.12. The van der Waals surface area contributed by atoms with E-state index in [0.717, 1.165) is 29.3 Å². The van der Waals surface area contributed by atoms with Crippen LogP contribution in [0.1, 0.15) is 23.7 Å². The third kappa shape index (κ3) is 6.64. The van der Waals surface area contributed by atoms with Crippen molar-refractivity contribution < 1.29 is 4.74 Å². The first-order valence-corrected chi connectivity index (χ1v) is 8.89. The second kappa shape index (κ2) is 11.7. The van der Waals surface area contributed by atoms with E-state index in [0.29, 0.717) is 29.9 Å². The first-order valence-electron chi connectivity index (χ1n) is 8.13. The number of hydrogen-bond donors (Lipinski definition) is 2. The van der Waals surface area contributed by atoms with Crippen molar-refractivity contribution >= 4 is 53.1 Å². The van der Waals surface area contributed by atoms with Crippen molar-refractivity contribution in [3.05, 3.63) is 57.3 Å². The van der Waals surface area contributed by atoms with Gasteiger partial charge in [0.1, 0.15) is 5.15 Å². The minimum absolute atomic E-state index is 0. The normalized spacial score (nSPS) is 11.2. The second-order valence-electron chi connectivity index (χ2n) is 5.64. The highest BCUT2D eigenvalue weighted by molar-refractivity contribution is 14.0. The molecule has 0 saturated heterocycles. The summed E-state index contributed by atoms with van der Waals surface area (Å²) >= 11 is 12.2. The first kappa shape index (κ1) is 23.1. The average Bonchev–Trinajstić information content (AvgIpc) is 2.85. The average molecular weight is 511 g/mol. The molecule has 1 aromatic carbocycles. The van der Waals surface area contributed by atoms with Crippen molar-refractivity contribution in [3.63, 3.8) is 0 Å². The molecule has 144 valence electrons. The number of nitrogens with one attached hydrogen (secondary N) is 2. The Morgan fingerprint density at radius 2 is 1.92 bits per heavy atom. The molecule has 0 unspecified atom stereocenters. The molecule has 26 heavy (non-hydrogen) atoms. The number of aliphatic imine (C=N–C) groups is 1. The summed E-state index contributed by atoms with van der Waals surface area (Å²) in [5.41, 5.74) is 3.26. The number of guanidine groups is 1. The molecular weight excluding hydrogens is 486 g/mol.